The summed E-state index contributed by atoms with van der Waals surface area (Å²) in [5.41, 5.74) is 2.37. The molecule has 0 saturated heterocycles. The highest BCUT2D eigenvalue weighted by atomic mass is 35.5. The number of hydrogen-bond donors (Lipinski definition) is 0. The topological polar surface area (TPSA) is 16.1 Å². The van der Waals surface area contributed by atoms with Crippen molar-refractivity contribution in [1.29, 1.82) is 0 Å². The van der Waals surface area contributed by atoms with Gasteiger partial charge >= 0.3 is 0 Å². The average Bonchev–Trinajstić information content (AvgIpc) is 2.47. The fourth-order valence-electron chi connectivity index (χ4n) is 3.09. The normalized spacial score (nSPS) is 22.8. The van der Waals surface area contributed by atoms with Crippen molar-refractivity contribution in [2.75, 3.05) is 11.9 Å². The van der Waals surface area contributed by atoms with Crippen LogP contribution in [0.25, 0.3) is 0 Å². The van der Waals surface area contributed by atoms with E-state index >= 15 is 0 Å². The lowest BCUT2D eigenvalue weighted by Gasteiger charge is -2.34. The second kappa shape index (κ2) is 7.31. The molecule has 0 aromatic carbocycles. The molecule has 0 atom stereocenters. The van der Waals surface area contributed by atoms with Gasteiger partial charge < -0.3 is 4.90 Å². The van der Waals surface area contributed by atoms with Crippen LogP contribution in [0, 0.1) is 5.92 Å². The molecule has 20 heavy (non-hydrogen) atoms. The summed E-state index contributed by atoms with van der Waals surface area (Å²) in [5, 5.41) is 0. The zero-order chi connectivity index (χ0) is 14.5. The fraction of sp³-hybridized carbons (Fsp3) is 0.706. The zero-order valence-electron chi connectivity index (χ0n) is 13.0. The Morgan fingerprint density at radius 2 is 1.95 bits per heavy atom. The van der Waals surface area contributed by atoms with Gasteiger partial charge in [0.2, 0.25) is 0 Å². The van der Waals surface area contributed by atoms with Crippen molar-refractivity contribution in [2.45, 2.75) is 64.3 Å². The van der Waals surface area contributed by atoms with E-state index in [0.717, 1.165) is 24.6 Å². The minimum atomic E-state index is 0.571. The average molecular weight is 295 g/mol. The molecular weight excluding hydrogens is 268 g/mol. The lowest BCUT2D eigenvalue weighted by molar-refractivity contribution is 0.340. The van der Waals surface area contributed by atoms with E-state index in [1.54, 1.807) is 0 Å². The first kappa shape index (κ1) is 15.6. The minimum absolute atomic E-state index is 0.571. The van der Waals surface area contributed by atoms with E-state index < -0.39 is 0 Å². The van der Waals surface area contributed by atoms with E-state index in [4.69, 9.17) is 16.6 Å². The van der Waals surface area contributed by atoms with Crippen LogP contribution in [0.2, 0.25) is 0 Å². The Bertz CT molecular complexity index is 425. The van der Waals surface area contributed by atoms with Gasteiger partial charge in [-0.25, -0.2) is 4.98 Å². The smallest absolute Gasteiger partial charge is 0.129 e. The van der Waals surface area contributed by atoms with Crippen LogP contribution in [-0.2, 0) is 12.3 Å². The summed E-state index contributed by atoms with van der Waals surface area (Å²) in [6.07, 6.45) is 7.41. The molecule has 1 aromatic heterocycles. The molecule has 0 aliphatic heterocycles. The number of aromatic nitrogens is 1. The quantitative estimate of drug-likeness (QED) is 0.726. The lowest BCUT2D eigenvalue weighted by atomic mass is 9.87. The monoisotopic (exact) mass is 294 g/mol. The predicted molar refractivity (Wildman–Crippen MR) is 87.6 cm³/mol. The third-order valence-electron chi connectivity index (χ3n) is 4.48. The number of nitrogens with zero attached hydrogens (tertiary/aromatic N) is 2. The first-order chi connectivity index (χ1) is 9.63. The van der Waals surface area contributed by atoms with Crippen molar-refractivity contribution in [1.82, 2.24) is 4.98 Å². The SMILES string of the molecule is CCCc1cc(CCl)cc(N(C)C2CCC(C)CC2)n1. The van der Waals surface area contributed by atoms with Crippen molar-refractivity contribution in [3.8, 4) is 0 Å². The van der Waals surface area contributed by atoms with Crippen LogP contribution in [0.4, 0.5) is 5.82 Å². The molecule has 0 radical (unpaired) electrons. The van der Waals surface area contributed by atoms with E-state index in [2.05, 4.69) is 37.9 Å². The van der Waals surface area contributed by atoms with E-state index in [9.17, 15) is 0 Å². The number of pyridine rings is 1. The number of alkyl halides is 1. The number of hydrogen-bond acceptors (Lipinski definition) is 2. The molecule has 1 aromatic rings. The number of anilines is 1. The van der Waals surface area contributed by atoms with Crippen molar-refractivity contribution in [3.63, 3.8) is 0 Å². The van der Waals surface area contributed by atoms with Crippen LogP contribution in [0.5, 0.6) is 0 Å². The van der Waals surface area contributed by atoms with Gasteiger partial charge in [0.25, 0.3) is 0 Å². The van der Waals surface area contributed by atoms with Gasteiger partial charge in [0.15, 0.2) is 0 Å². The summed E-state index contributed by atoms with van der Waals surface area (Å²) in [6, 6.07) is 4.94. The molecule has 1 heterocycles. The molecular formula is C17H27ClN2. The van der Waals surface area contributed by atoms with Gasteiger partial charge in [-0.3, -0.25) is 0 Å². The maximum Gasteiger partial charge on any atom is 0.129 e. The van der Waals surface area contributed by atoms with E-state index in [0.29, 0.717) is 11.9 Å². The Morgan fingerprint density at radius 3 is 2.55 bits per heavy atom. The molecule has 0 unspecified atom stereocenters. The van der Waals surface area contributed by atoms with Crippen LogP contribution in [0.15, 0.2) is 12.1 Å². The highest BCUT2D eigenvalue weighted by molar-refractivity contribution is 6.17. The number of aryl methyl sites for hydroxylation is 1. The Morgan fingerprint density at radius 1 is 1.25 bits per heavy atom. The molecule has 0 N–H and O–H groups in total. The molecule has 0 bridgehead atoms. The van der Waals surface area contributed by atoms with E-state index in [1.807, 2.05) is 0 Å². The largest absolute Gasteiger partial charge is 0.357 e. The van der Waals surface area contributed by atoms with Gasteiger partial charge in [-0.15, -0.1) is 11.6 Å². The van der Waals surface area contributed by atoms with Crippen LogP contribution in [-0.4, -0.2) is 18.1 Å². The Kier molecular flexibility index (Phi) is 5.71. The van der Waals surface area contributed by atoms with Crippen molar-refractivity contribution < 1.29 is 0 Å². The Hall–Kier alpha value is -0.760. The van der Waals surface area contributed by atoms with E-state index in [1.165, 1.54) is 36.9 Å². The minimum Gasteiger partial charge on any atom is -0.357 e. The third kappa shape index (κ3) is 3.88. The summed E-state index contributed by atoms with van der Waals surface area (Å²) >= 11 is 6.03. The summed E-state index contributed by atoms with van der Waals surface area (Å²) in [6.45, 7) is 4.56. The standard InChI is InChI=1S/C17H27ClN2/c1-4-5-15-10-14(12-18)11-17(19-15)20(3)16-8-6-13(2)7-9-16/h10-11,13,16H,4-9,12H2,1-3H3. The van der Waals surface area contributed by atoms with Crippen LogP contribution in [0.1, 0.15) is 57.2 Å². The summed E-state index contributed by atoms with van der Waals surface area (Å²) in [4.78, 5) is 7.21. The third-order valence-corrected chi connectivity index (χ3v) is 4.79. The summed E-state index contributed by atoms with van der Waals surface area (Å²) in [5.74, 6) is 2.56. The fourth-order valence-corrected chi connectivity index (χ4v) is 3.25. The molecule has 2 nitrogen and oxygen atoms in total. The predicted octanol–water partition coefficient (Wildman–Crippen LogP) is 4.79. The van der Waals surface area contributed by atoms with Crippen molar-refractivity contribution >= 4 is 17.4 Å². The second-order valence-electron chi connectivity index (χ2n) is 6.23. The van der Waals surface area contributed by atoms with Crippen LogP contribution < -0.4 is 4.90 Å². The molecule has 1 fully saturated rings. The Balaban J connectivity index is 2.15. The van der Waals surface area contributed by atoms with E-state index in [-0.39, 0.29) is 0 Å². The maximum absolute atomic E-state index is 6.03. The Labute approximate surface area is 128 Å². The number of rotatable bonds is 5. The molecule has 0 amide bonds. The van der Waals surface area contributed by atoms with Gasteiger partial charge in [-0.2, -0.15) is 0 Å². The molecule has 3 heteroatoms. The van der Waals surface area contributed by atoms with Gasteiger partial charge in [-0.05, 0) is 55.7 Å². The molecule has 2 rings (SSSR count). The van der Waals surface area contributed by atoms with Gasteiger partial charge in [0.05, 0.1) is 0 Å². The molecule has 1 saturated carbocycles. The van der Waals surface area contributed by atoms with Gasteiger partial charge in [-0.1, -0.05) is 20.3 Å². The molecule has 1 aliphatic carbocycles. The second-order valence-corrected chi connectivity index (χ2v) is 6.50. The van der Waals surface area contributed by atoms with Crippen LogP contribution in [0.3, 0.4) is 0 Å². The van der Waals surface area contributed by atoms with Gasteiger partial charge in [0.1, 0.15) is 5.82 Å². The zero-order valence-corrected chi connectivity index (χ0v) is 13.8. The maximum atomic E-state index is 6.03. The number of halogens is 1. The molecule has 0 spiro atoms. The van der Waals surface area contributed by atoms with Crippen LogP contribution >= 0.6 is 11.6 Å². The van der Waals surface area contributed by atoms with Gasteiger partial charge in [0, 0.05) is 24.7 Å². The first-order valence-corrected chi connectivity index (χ1v) is 8.46. The first-order valence-electron chi connectivity index (χ1n) is 7.92. The highest BCUT2D eigenvalue weighted by Gasteiger charge is 2.22. The summed E-state index contributed by atoms with van der Waals surface area (Å²) in [7, 11) is 2.19. The summed E-state index contributed by atoms with van der Waals surface area (Å²) < 4.78 is 0. The molecule has 112 valence electrons. The lowest BCUT2D eigenvalue weighted by Crippen LogP contribution is -2.35. The van der Waals surface area contributed by atoms with Crippen molar-refractivity contribution in [2.24, 2.45) is 5.92 Å². The highest BCUT2D eigenvalue weighted by Crippen LogP contribution is 2.29. The molecule has 1 aliphatic rings. The van der Waals surface area contributed by atoms with Crippen molar-refractivity contribution in [3.05, 3.63) is 23.4 Å².